The SMILES string of the molecule is CC(C)c1ccc(OCC(=O)Nc2ccccc2F)cc1. The maximum Gasteiger partial charge on any atom is 0.262 e. The van der Waals surface area contributed by atoms with Gasteiger partial charge in [-0.05, 0) is 35.7 Å². The second-order valence-electron chi connectivity index (χ2n) is 5.04. The zero-order chi connectivity index (χ0) is 15.2. The lowest BCUT2D eigenvalue weighted by Gasteiger charge is -2.09. The summed E-state index contributed by atoms with van der Waals surface area (Å²) in [5.74, 6) is 0.201. The third-order valence-corrected chi connectivity index (χ3v) is 3.06. The Labute approximate surface area is 123 Å². The number of carbonyl (C=O) groups is 1. The number of anilines is 1. The van der Waals surface area contributed by atoms with Crippen molar-refractivity contribution >= 4 is 11.6 Å². The van der Waals surface area contributed by atoms with E-state index < -0.39 is 11.7 Å². The minimum absolute atomic E-state index is 0.154. The predicted octanol–water partition coefficient (Wildman–Crippen LogP) is 3.97. The van der Waals surface area contributed by atoms with Crippen LogP contribution in [0.1, 0.15) is 25.3 Å². The van der Waals surface area contributed by atoms with Crippen LogP contribution in [0.4, 0.5) is 10.1 Å². The van der Waals surface area contributed by atoms with Crippen LogP contribution in [0.5, 0.6) is 5.75 Å². The summed E-state index contributed by atoms with van der Waals surface area (Å²) in [5, 5.41) is 2.47. The molecule has 0 bridgehead atoms. The largest absolute Gasteiger partial charge is 0.484 e. The fourth-order valence-electron chi connectivity index (χ4n) is 1.85. The Balaban J connectivity index is 1.88. The molecule has 0 spiro atoms. The molecule has 0 fully saturated rings. The number of benzene rings is 2. The summed E-state index contributed by atoms with van der Waals surface area (Å²) in [6.45, 7) is 4.06. The number of rotatable bonds is 5. The third-order valence-electron chi connectivity index (χ3n) is 3.06. The summed E-state index contributed by atoms with van der Waals surface area (Å²) in [4.78, 5) is 11.7. The van der Waals surface area contributed by atoms with Gasteiger partial charge in [-0.25, -0.2) is 4.39 Å². The van der Waals surface area contributed by atoms with E-state index in [-0.39, 0.29) is 12.3 Å². The summed E-state index contributed by atoms with van der Waals surface area (Å²) in [5.41, 5.74) is 1.36. The standard InChI is InChI=1S/C17H18FNO2/c1-12(2)13-7-9-14(10-8-13)21-11-17(20)19-16-6-4-3-5-15(16)18/h3-10,12H,11H2,1-2H3,(H,19,20). The molecule has 0 saturated heterocycles. The Morgan fingerprint density at radius 3 is 2.43 bits per heavy atom. The molecule has 0 aliphatic carbocycles. The van der Waals surface area contributed by atoms with Crippen LogP contribution >= 0.6 is 0 Å². The van der Waals surface area contributed by atoms with Crippen molar-refractivity contribution in [3.05, 3.63) is 59.9 Å². The maximum absolute atomic E-state index is 13.4. The Hall–Kier alpha value is -2.36. The number of amides is 1. The molecule has 0 unspecified atom stereocenters. The van der Waals surface area contributed by atoms with Crippen LogP contribution < -0.4 is 10.1 Å². The second-order valence-corrected chi connectivity index (χ2v) is 5.04. The van der Waals surface area contributed by atoms with Crippen molar-refractivity contribution in [2.75, 3.05) is 11.9 Å². The normalized spacial score (nSPS) is 10.5. The van der Waals surface area contributed by atoms with Crippen molar-refractivity contribution in [3.63, 3.8) is 0 Å². The molecule has 2 aromatic rings. The second kappa shape index (κ2) is 6.88. The van der Waals surface area contributed by atoms with Crippen molar-refractivity contribution in [1.82, 2.24) is 0 Å². The molecule has 1 amide bonds. The van der Waals surface area contributed by atoms with Crippen LogP contribution in [0.3, 0.4) is 0 Å². The number of ether oxygens (including phenoxy) is 1. The topological polar surface area (TPSA) is 38.3 Å². The minimum atomic E-state index is -0.466. The van der Waals surface area contributed by atoms with Crippen LogP contribution in [0.25, 0.3) is 0 Å². The zero-order valence-electron chi connectivity index (χ0n) is 12.1. The van der Waals surface area contributed by atoms with E-state index in [1.54, 1.807) is 12.1 Å². The fourth-order valence-corrected chi connectivity index (χ4v) is 1.85. The van der Waals surface area contributed by atoms with Crippen LogP contribution in [-0.2, 0) is 4.79 Å². The summed E-state index contributed by atoms with van der Waals surface area (Å²) in [6, 6.07) is 13.6. The first kappa shape index (κ1) is 15.0. The number of hydrogen-bond acceptors (Lipinski definition) is 2. The molecule has 0 aliphatic heterocycles. The average molecular weight is 287 g/mol. The highest BCUT2D eigenvalue weighted by molar-refractivity contribution is 5.91. The molecule has 0 saturated carbocycles. The van der Waals surface area contributed by atoms with E-state index in [4.69, 9.17) is 4.74 Å². The van der Waals surface area contributed by atoms with E-state index in [1.165, 1.54) is 17.7 Å². The van der Waals surface area contributed by atoms with Crippen molar-refractivity contribution in [1.29, 1.82) is 0 Å². The van der Waals surface area contributed by atoms with Gasteiger partial charge in [-0.15, -0.1) is 0 Å². The van der Waals surface area contributed by atoms with E-state index in [0.717, 1.165) is 0 Å². The first-order valence-electron chi connectivity index (χ1n) is 6.83. The molecule has 0 atom stereocenters. The molecule has 21 heavy (non-hydrogen) atoms. The molecule has 1 N–H and O–H groups in total. The van der Waals surface area contributed by atoms with Gasteiger partial charge < -0.3 is 10.1 Å². The highest BCUT2D eigenvalue weighted by atomic mass is 19.1. The first-order chi connectivity index (χ1) is 10.1. The van der Waals surface area contributed by atoms with Gasteiger partial charge >= 0.3 is 0 Å². The monoisotopic (exact) mass is 287 g/mol. The highest BCUT2D eigenvalue weighted by Gasteiger charge is 2.07. The molecule has 0 aliphatic rings. The van der Waals surface area contributed by atoms with Crippen LogP contribution in [0.2, 0.25) is 0 Å². The summed E-state index contributed by atoms with van der Waals surface area (Å²) in [6.07, 6.45) is 0. The number of carbonyl (C=O) groups excluding carboxylic acids is 1. The summed E-state index contributed by atoms with van der Waals surface area (Å²) in [7, 11) is 0. The molecule has 0 heterocycles. The molecule has 2 rings (SSSR count). The van der Waals surface area contributed by atoms with Gasteiger partial charge in [-0.1, -0.05) is 38.1 Å². The van der Waals surface area contributed by atoms with Gasteiger partial charge in [0.1, 0.15) is 11.6 Å². The minimum Gasteiger partial charge on any atom is -0.484 e. The molecule has 110 valence electrons. The summed E-state index contributed by atoms with van der Waals surface area (Å²) < 4.78 is 18.8. The number of halogens is 1. The average Bonchev–Trinajstić information content (AvgIpc) is 2.48. The zero-order valence-corrected chi connectivity index (χ0v) is 12.1. The van der Waals surface area contributed by atoms with Crippen LogP contribution in [0.15, 0.2) is 48.5 Å². The Morgan fingerprint density at radius 2 is 1.81 bits per heavy atom. The lowest BCUT2D eigenvalue weighted by Crippen LogP contribution is -2.20. The van der Waals surface area contributed by atoms with Gasteiger partial charge in [-0.2, -0.15) is 0 Å². The van der Waals surface area contributed by atoms with Crippen LogP contribution in [0, 0.1) is 5.82 Å². The smallest absolute Gasteiger partial charge is 0.262 e. The maximum atomic E-state index is 13.4. The van der Waals surface area contributed by atoms with Crippen LogP contribution in [-0.4, -0.2) is 12.5 Å². The molecule has 2 aromatic carbocycles. The lowest BCUT2D eigenvalue weighted by molar-refractivity contribution is -0.118. The highest BCUT2D eigenvalue weighted by Crippen LogP contribution is 2.18. The molecular formula is C17H18FNO2. The number of nitrogens with one attached hydrogen (secondary N) is 1. The number of para-hydroxylation sites is 1. The fraction of sp³-hybridized carbons (Fsp3) is 0.235. The van der Waals surface area contributed by atoms with E-state index in [1.807, 2.05) is 24.3 Å². The van der Waals surface area contributed by atoms with Gasteiger partial charge in [0.05, 0.1) is 5.69 Å². The van der Waals surface area contributed by atoms with Gasteiger partial charge in [0.2, 0.25) is 0 Å². The third kappa shape index (κ3) is 4.31. The Bertz CT molecular complexity index is 608. The predicted molar refractivity (Wildman–Crippen MR) is 81.1 cm³/mol. The van der Waals surface area contributed by atoms with Crippen molar-refractivity contribution in [2.45, 2.75) is 19.8 Å². The first-order valence-corrected chi connectivity index (χ1v) is 6.83. The Morgan fingerprint density at radius 1 is 1.14 bits per heavy atom. The molecular weight excluding hydrogens is 269 g/mol. The molecule has 0 aromatic heterocycles. The van der Waals surface area contributed by atoms with Gasteiger partial charge in [0, 0.05) is 0 Å². The van der Waals surface area contributed by atoms with Crippen molar-refractivity contribution < 1.29 is 13.9 Å². The lowest BCUT2D eigenvalue weighted by atomic mass is 10.0. The Kier molecular flexibility index (Phi) is 4.93. The van der Waals surface area contributed by atoms with E-state index in [0.29, 0.717) is 11.7 Å². The molecule has 3 nitrogen and oxygen atoms in total. The van der Waals surface area contributed by atoms with Gasteiger partial charge in [0.15, 0.2) is 6.61 Å². The van der Waals surface area contributed by atoms with Crippen molar-refractivity contribution in [2.24, 2.45) is 0 Å². The van der Waals surface area contributed by atoms with Gasteiger partial charge in [0.25, 0.3) is 5.91 Å². The van der Waals surface area contributed by atoms with E-state index >= 15 is 0 Å². The summed E-state index contributed by atoms with van der Waals surface area (Å²) >= 11 is 0. The van der Waals surface area contributed by atoms with Crippen molar-refractivity contribution in [3.8, 4) is 5.75 Å². The van der Waals surface area contributed by atoms with E-state index in [2.05, 4.69) is 19.2 Å². The van der Waals surface area contributed by atoms with E-state index in [9.17, 15) is 9.18 Å². The number of hydrogen-bond donors (Lipinski definition) is 1. The molecule has 4 heteroatoms. The quantitative estimate of drug-likeness (QED) is 0.903. The molecule has 0 radical (unpaired) electrons. The van der Waals surface area contributed by atoms with Gasteiger partial charge in [-0.3, -0.25) is 4.79 Å².